The maximum Gasteiger partial charge on any atom is 0.401 e. The number of benzene rings is 1. The van der Waals surface area contributed by atoms with Gasteiger partial charge in [0, 0.05) is 16.0 Å². The fraction of sp³-hybridized carbons (Fsp3) is 0.333. The van der Waals surface area contributed by atoms with Gasteiger partial charge in [-0.05, 0) is 23.8 Å². The van der Waals surface area contributed by atoms with Crippen molar-refractivity contribution in [3.63, 3.8) is 0 Å². The summed E-state index contributed by atoms with van der Waals surface area (Å²) in [6.07, 6.45) is -4.20. The highest BCUT2D eigenvalue weighted by Gasteiger charge is 2.26. The Kier molecular flexibility index (Phi) is 4.43. The Labute approximate surface area is 98.7 Å². The summed E-state index contributed by atoms with van der Waals surface area (Å²) in [5.41, 5.74) is 0.635. The largest absolute Gasteiger partial charge is 0.401 e. The van der Waals surface area contributed by atoms with Crippen molar-refractivity contribution in [2.75, 3.05) is 6.54 Å². The van der Waals surface area contributed by atoms with Crippen molar-refractivity contribution in [2.24, 2.45) is 0 Å². The van der Waals surface area contributed by atoms with Crippen LogP contribution in [0.15, 0.2) is 22.7 Å². The molecule has 6 heteroatoms. The Morgan fingerprint density at radius 1 is 1.33 bits per heavy atom. The van der Waals surface area contributed by atoms with E-state index in [9.17, 15) is 13.2 Å². The van der Waals surface area contributed by atoms with E-state index < -0.39 is 12.7 Å². The van der Waals surface area contributed by atoms with Crippen molar-refractivity contribution < 1.29 is 13.2 Å². The van der Waals surface area contributed by atoms with Crippen LogP contribution < -0.4 is 5.32 Å². The molecule has 1 aromatic rings. The highest BCUT2D eigenvalue weighted by Crippen LogP contribution is 2.21. The Bertz CT molecular complexity index is 341. The number of halogens is 5. The summed E-state index contributed by atoms with van der Waals surface area (Å²) >= 11 is 9.02. The molecule has 0 fully saturated rings. The van der Waals surface area contributed by atoms with Gasteiger partial charge in [-0.1, -0.05) is 27.5 Å². The average molecular weight is 303 g/mol. The first-order chi connectivity index (χ1) is 6.88. The number of hydrogen-bond acceptors (Lipinski definition) is 1. The zero-order valence-electron chi connectivity index (χ0n) is 7.54. The maximum atomic E-state index is 11.8. The summed E-state index contributed by atoms with van der Waals surface area (Å²) in [6, 6.07) is 5.05. The third-order valence-corrected chi connectivity index (χ3v) is 2.51. The van der Waals surface area contributed by atoms with Gasteiger partial charge in [0.25, 0.3) is 0 Å². The van der Waals surface area contributed by atoms with Gasteiger partial charge in [-0.2, -0.15) is 13.2 Å². The normalized spacial score (nSPS) is 11.8. The molecule has 1 rings (SSSR count). The summed E-state index contributed by atoms with van der Waals surface area (Å²) in [6.45, 7) is -0.923. The fourth-order valence-corrected chi connectivity index (χ4v) is 1.61. The van der Waals surface area contributed by atoms with Crippen molar-refractivity contribution in [3.8, 4) is 0 Å². The average Bonchev–Trinajstić information content (AvgIpc) is 2.09. The molecule has 0 atom stereocenters. The molecule has 0 spiro atoms. The van der Waals surface area contributed by atoms with Gasteiger partial charge >= 0.3 is 6.18 Å². The van der Waals surface area contributed by atoms with Crippen LogP contribution in [0.1, 0.15) is 5.56 Å². The van der Waals surface area contributed by atoms with Crippen LogP contribution in [0.5, 0.6) is 0 Å². The molecule has 0 heterocycles. The first kappa shape index (κ1) is 12.8. The van der Waals surface area contributed by atoms with Gasteiger partial charge in [0.05, 0.1) is 6.54 Å². The second-order valence-corrected chi connectivity index (χ2v) is 4.28. The van der Waals surface area contributed by atoms with Crippen molar-refractivity contribution in [2.45, 2.75) is 12.7 Å². The van der Waals surface area contributed by atoms with E-state index in [1.54, 1.807) is 18.2 Å². The van der Waals surface area contributed by atoms with Gasteiger partial charge in [0.2, 0.25) is 0 Å². The molecule has 15 heavy (non-hydrogen) atoms. The van der Waals surface area contributed by atoms with Crippen LogP contribution in [-0.4, -0.2) is 12.7 Å². The van der Waals surface area contributed by atoms with E-state index in [0.717, 1.165) is 4.47 Å². The quantitative estimate of drug-likeness (QED) is 0.896. The Morgan fingerprint density at radius 2 is 2.00 bits per heavy atom. The topological polar surface area (TPSA) is 12.0 Å². The first-order valence-electron chi connectivity index (χ1n) is 4.10. The van der Waals surface area contributed by atoms with Gasteiger partial charge in [-0.3, -0.25) is 0 Å². The molecule has 0 radical (unpaired) electrons. The summed E-state index contributed by atoms with van der Waals surface area (Å²) in [5, 5.41) is 2.73. The summed E-state index contributed by atoms with van der Waals surface area (Å²) in [4.78, 5) is 0. The van der Waals surface area contributed by atoms with Gasteiger partial charge < -0.3 is 5.32 Å². The second-order valence-electron chi connectivity index (χ2n) is 2.95. The fourth-order valence-electron chi connectivity index (χ4n) is 1.02. The molecule has 0 aromatic heterocycles. The molecule has 0 amide bonds. The van der Waals surface area contributed by atoms with E-state index in [4.69, 9.17) is 11.6 Å². The third-order valence-electron chi connectivity index (χ3n) is 1.65. The molecule has 1 aromatic carbocycles. The first-order valence-corrected chi connectivity index (χ1v) is 5.27. The summed E-state index contributed by atoms with van der Waals surface area (Å²) < 4.78 is 36.3. The third kappa shape index (κ3) is 4.86. The Balaban J connectivity index is 2.54. The van der Waals surface area contributed by atoms with Gasteiger partial charge in [0.1, 0.15) is 0 Å². The number of hydrogen-bond donors (Lipinski definition) is 1. The molecule has 0 saturated carbocycles. The lowest BCUT2D eigenvalue weighted by atomic mass is 10.2. The van der Waals surface area contributed by atoms with Crippen LogP contribution in [0.25, 0.3) is 0 Å². The molecule has 0 saturated heterocycles. The van der Waals surface area contributed by atoms with E-state index in [1.165, 1.54) is 0 Å². The molecule has 84 valence electrons. The highest BCUT2D eigenvalue weighted by molar-refractivity contribution is 9.10. The monoisotopic (exact) mass is 301 g/mol. The molecule has 0 aliphatic rings. The summed E-state index contributed by atoms with van der Waals surface area (Å²) in [5.74, 6) is 0. The van der Waals surface area contributed by atoms with Crippen molar-refractivity contribution >= 4 is 27.5 Å². The lowest BCUT2D eigenvalue weighted by Gasteiger charge is -2.09. The SMILES string of the molecule is FC(F)(F)CNCc1cc(Br)ccc1Cl. The van der Waals surface area contributed by atoms with Crippen LogP contribution in [-0.2, 0) is 6.54 Å². The van der Waals surface area contributed by atoms with Gasteiger partial charge in [-0.25, -0.2) is 0 Å². The molecule has 0 aliphatic carbocycles. The van der Waals surface area contributed by atoms with E-state index in [1.807, 2.05) is 0 Å². The van der Waals surface area contributed by atoms with Gasteiger partial charge in [-0.15, -0.1) is 0 Å². The minimum Gasteiger partial charge on any atom is -0.305 e. The van der Waals surface area contributed by atoms with E-state index in [-0.39, 0.29) is 6.54 Å². The standard InChI is InChI=1S/C9H8BrClF3N/c10-7-1-2-8(11)6(3-7)4-15-5-9(12,13)14/h1-3,15H,4-5H2. The van der Waals surface area contributed by atoms with E-state index in [0.29, 0.717) is 10.6 Å². The lowest BCUT2D eigenvalue weighted by molar-refractivity contribution is -0.125. The van der Waals surface area contributed by atoms with Crippen LogP contribution in [0, 0.1) is 0 Å². The minimum absolute atomic E-state index is 0.0950. The predicted molar refractivity (Wildman–Crippen MR) is 56.9 cm³/mol. The zero-order valence-corrected chi connectivity index (χ0v) is 9.88. The van der Waals surface area contributed by atoms with Crippen LogP contribution >= 0.6 is 27.5 Å². The Hall–Kier alpha value is -0.260. The van der Waals surface area contributed by atoms with Crippen molar-refractivity contribution in [3.05, 3.63) is 33.3 Å². The van der Waals surface area contributed by atoms with Gasteiger partial charge in [0.15, 0.2) is 0 Å². The molecular formula is C9H8BrClF3N. The molecule has 0 bridgehead atoms. The van der Waals surface area contributed by atoms with Crippen LogP contribution in [0.2, 0.25) is 5.02 Å². The van der Waals surface area contributed by atoms with E-state index in [2.05, 4.69) is 21.2 Å². The van der Waals surface area contributed by atoms with Crippen LogP contribution in [0.3, 0.4) is 0 Å². The number of nitrogens with one attached hydrogen (secondary N) is 1. The molecular weight excluding hydrogens is 294 g/mol. The second kappa shape index (κ2) is 5.18. The smallest absolute Gasteiger partial charge is 0.305 e. The summed E-state index contributed by atoms with van der Waals surface area (Å²) in [7, 11) is 0. The number of alkyl halides is 3. The van der Waals surface area contributed by atoms with Crippen LogP contribution in [0.4, 0.5) is 13.2 Å². The molecule has 1 nitrogen and oxygen atoms in total. The Morgan fingerprint density at radius 3 is 2.60 bits per heavy atom. The van der Waals surface area contributed by atoms with Crippen molar-refractivity contribution in [1.29, 1.82) is 0 Å². The van der Waals surface area contributed by atoms with E-state index >= 15 is 0 Å². The molecule has 1 N–H and O–H groups in total. The highest BCUT2D eigenvalue weighted by atomic mass is 79.9. The molecule has 0 unspecified atom stereocenters. The minimum atomic E-state index is -4.20. The predicted octanol–water partition coefficient (Wildman–Crippen LogP) is 3.75. The number of rotatable bonds is 3. The van der Waals surface area contributed by atoms with Crippen molar-refractivity contribution in [1.82, 2.24) is 5.32 Å². The zero-order chi connectivity index (χ0) is 11.5. The maximum absolute atomic E-state index is 11.8. The molecule has 0 aliphatic heterocycles. The lowest BCUT2D eigenvalue weighted by Crippen LogP contribution is -2.28.